The third-order valence-corrected chi connectivity index (χ3v) is 3.27. The third-order valence-electron chi connectivity index (χ3n) is 2.41. The minimum Gasteiger partial charge on any atom is -0.397 e. The van der Waals surface area contributed by atoms with Gasteiger partial charge in [-0.05, 0) is 36.8 Å². The molecular weight excluding hydrogens is 264 g/mol. The van der Waals surface area contributed by atoms with E-state index in [1.165, 1.54) is 5.56 Å². The van der Waals surface area contributed by atoms with E-state index in [9.17, 15) is 0 Å². The summed E-state index contributed by atoms with van der Waals surface area (Å²) in [5.74, 6) is 0. The SMILES string of the molecule is Cc1ccc(Nc2ccccc2N)cc1Br. The molecule has 0 aliphatic rings. The van der Waals surface area contributed by atoms with E-state index in [2.05, 4.69) is 34.2 Å². The van der Waals surface area contributed by atoms with Gasteiger partial charge in [0.15, 0.2) is 0 Å². The highest BCUT2D eigenvalue weighted by Crippen LogP contribution is 2.26. The number of rotatable bonds is 2. The lowest BCUT2D eigenvalue weighted by Crippen LogP contribution is -1.95. The molecule has 0 saturated carbocycles. The van der Waals surface area contributed by atoms with Crippen LogP contribution in [0.1, 0.15) is 5.56 Å². The average molecular weight is 277 g/mol. The molecule has 3 N–H and O–H groups in total. The van der Waals surface area contributed by atoms with Crippen molar-refractivity contribution in [2.75, 3.05) is 11.1 Å². The lowest BCUT2D eigenvalue weighted by molar-refractivity contribution is 1.42. The van der Waals surface area contributed by atoms with Gasteiger partial charge in [-0.2, -0.15) is 0 Å². The van der Waals surface area contributed by atoms with Crippen molar-refractivity contribution in [2.24, 2.45) is 0 Å². The van der Waals surface area contributed by atoms with Crippen LogP contribution in [0, 0.1) is 6.92 Å². The van der Waals surface area contributed by atoms with E-state index < -0.39 is 0 Å². The molecule has 0 atom stereocenters. The fourth-order valence-electron chi connectivity index (χ4n) is 1.44. The van der Waals surface area contributed by atoms with Crippen molar-refractivity contribution >= 4 is 33.0 Å². The number of nitrogens with two attached hydrogens (primary N) is 1. The molecule has 2 aromatic carbocycles. The van der Waals surface area contributed by atoms with Gasteiger partial charge in [-0.1, -0.05) is 34.1 Å². The number of hydrogen-bond acceptors (Lipinski definition) is 2. The molecule has 82 valence electrons. The lowest BCUT2D eigenvalue weighted by atomic mass is 10.2. The van der Waals surface area contributed by atoms with Gasteiger partial charge in [0.25, 0.3) is 0 Å². The van der Waals surface area contributed by atoms with E-state index in [-0.39, 0.29) is 0 Å². The van der Waals surface area contributed by atoms with Gasteiger partial charge < -0.3 is 11.1 Å². The molecule has 2 nitrogen and oxygen atoms in total. The molecular formula is C13H13BrN2. The van der Waals surface area contributed by atoms with E-state index in [0.29, 0.717) is 0 Å². The first kappa shape index (κ1) is 11.0. The highest BCUT2D eigenvalue weighted by molar-refractivity contribution is 9.10. The summed E-state index contributed by atoms with van der Waals surface area (Å²) in [4.78, 5) is 0. The Labute approximate surface area is 104 Å². The zero-order valence-electron chi connectivity index (χ0n) is 9.00. The summed E-state index contributed by atoms with van der Waals surface area (Å²) >= 11 is 3.51. The van der Waals surface area contributed by atoms with Gasteiger partial charge in [0.2, 0.25) is 0 Å². The predicted octanol–water partition coefficient (Wildman–Crippen LogP) is 4.08. The highest BCUT2D eigenvalue weighted by Gasteiger charge is 2.00. The van der Waals surface area contributed by atoms with Crippen LogP contribution in [-0.4, -0.2) is 0 Å². The van der Waals surface area contributed by atoms with Crippen molar-refractivity contribution in [3.8, 4) is 0 Å². The molecule has 0 heterocycles. The Bertz CT molecular complexity index is 509. The first-order chi connectivity index (χ1) is 7.66. The van der Waals surface area contributed by atoms with E-state index in [4.69, 9.17) is 5.73 Å². The fraction of sp³-hybridized carbons (Fsp3) is 0.0769. The van der Waals surface area contributed by atoms with Gasteiger partial charge in [0.05, 0.1) is 11.4 Å². The second-order valence-corrected chi connectivity index (χ2v) is 4.53. The maximum absolute atomic E-state index is 5.86. The van der Waals surface area contributed by atoms with Crippen molar-refractivity contribution in [2.45, 2.75) is 6.92 Å². The van der Waals surface area contributed by atoms with E-state index >= 15 is 0 Å². The van der Waals surface area contributed by atoms with Crippen molar-refractivity contribution in [1.29, 1.82) is 0 Å². The highest BCUT2D eigenvalue weighted by atomic mass is 79.9. The van der Waals surface area contributed by atoms with Crippen LogP contribution in [0.4, 0.5) is 17.1 Å². The smallest absolute Gasteiger partial charge is 0.0617 e. The van der Waals surface area contributed by atoms with Gasteiger partial charge in [-0.25, -0.2) is 0 Å². The molecule has 0 fully saturated rings. The van der Waals surface area contributed by atoms with Crippen LogP contribution in [0.5, 0.6) is 0 Å². The molecule has 0 spiro atoms. The van der Waals surface area contributed by atoms with Crippen molar-refractivity contribution in [3.05, 3.63) is 52.5 Å². The molecule has 3 heteroatoms. The Morgan fingerprint density at radius 3 is 2.56 bits per heavy atom. The number of benzene rings is 2. The largest absolute Gasteiger partial charge is 0.397 e. The van der Waals surface area contributed by atoms with Crippen LogP contribution in [0.15, 0.2) is 46.9 Å². The quantitative estimate of drug-likeness (QED) is 0.811. The van der Waals surface area contributed by atoms with Crippen molar-refractivity contribution in [3.63, 3.8) is 0 Å². The zero-order valence-corrected chi connectivity index (χ0v) is 10.6. The maximum Gasteiger partial charge on any atom is 0.0617 e. The molecule has 0 amide bonds. The number of hydrogen-bond donors (Lipinski definition) is 2. The topological polar surface area (TPSA) is 38.0 Å². The molecule has 0 aliphatic heterocycles. The Balaban J connectivity index is 2.28. The predicted molar refractivity (Wildman–Crippen MR) is 73.0 cm³/mol. The summed E-state index contributed by atoms with van der Waals surface area (Å²) in [7, 11) is 0. The van der Waals surface area contributed by atoms with Gasteiger partial charge in [0, 0.05) is 10.2 Å². The van der Waals surface area contributed by atoms with E-state index in [1.54, 1.807) is 0 Å². The Morgan fingerprint density at radius 1 is 1.12 bits per heavy atom. The number of para-hydroxylation sites is 2. The molecule has 2 rings (SSSR count). The fourth-order valence-corrected chi connectivity index (χ4v) is 1.82. The summed E-state index contributed by atoms with van der Waals surface area (Å²) in [6.07, 6.45) is 0. The Kier molecular flexibility index (Phi) is 3.15. The summed E-state index contributed by atoms with van der Waals surface area (Å²) in [5.41, 5.74) is 9.78. The first-order valence-electron chi connectivity index (χ1n) is 5.04. The molecule has 0 saturated heterocycles. The monoisotopic (exact) mass is 276 g/mol. The van der Waals surface area contributed by atoms with Gasteiger partial charge in [0.1, 0.15) is 0 Å². The number of anilines is 3. The molecule has 0 unspecified atom stereocenters. The molecule has 2 aromatic rings. The van der Waals surface area contributed by atoms with E-state index in [0.717, 1.165) is 21.5 Å². The Morgan fingerprint density at radius 2 is 1.88 bits per heavy atom. The molecule has 0 bridgehead atoms. The van der Waals surface area contributed by atoms with Crippen LogP contribution < -0.4 is 11.1 Å². The van der Waals surface area contributed by atoms with Crippen LogP contribution in [0.2, 0.25) is 0 Å². The number of aryl methyl sites for hydroxylation is 1. The van der Waals surface area contributed by atoms with Crippen LogP contribution in [0.25, 0.3) is 0 Å². The standard InChI is InChI=1S/C13H13BrN2/c1-9-6-7-10(8-11(9)14)16-13-5-3-2-4-12(13)15/h2-8,16H,15H2,1H3. The average Bonchev–Trinajstić information content (AvgIpc) is 2.27. The summed E-state index contributed by atoms with van der Waals surface area (Å²) in [5, 5.41) is 3.29. The first-order valence-corrected chi connectivity index (χ1v) is 5.84. The normalized spacial score (nSPS) is 10.1. The lowest BCUT2D eigenvalue weighted by Gasteiger charge is -2.10. The minimum atomic E-state index is 0.749. The third kappa shape index (κ3) is 2.36. The maximum atomic E-state index is 5.86. The molecule has 0 radical (unpaired) electrons. The second-order valence-electron chi connectivity index (χ2n) is 3.68. The van der Waals surface area contributed by atoms with Crippen molar-refractivity contribution in [1.82, 2.24) is 0 Å². The number of nitrogens with one attached hydrogen (secondary N) is 1. The van der Waals surface area contributed by atoms with Crippen LogP contribution >= 0.6 is 15.9 Å². The molecule has 0 aliphatic carbocycles. The summed E-state index contributed by atoms with van der Waals surface area (Å²) < 4.78 is 1.09. The molecule has 16 heavy (non-hydrogen) atoms. The van der Waals surface area contributed by atoms with Crippen LogP contribution in [0.3, 0.4) is 0 Å². The zero-order chi connectivity index (χ0) is 11.5. The van der Waals surface area contributed by atoms with E-state index in [1.807, 2.05) is 36.4 Å². The van der Waals surface area contributed by atoms with Gasteiger partial charge >= 0.3 is 0 Å². The van der Waals surface area contributed by atoms with Gasteiger partial charge in [-0.3, -0.25) is 0 Å². The van der Waals surface area contributed by atoms with Gasteiger partial charge in [-0.15, -0.1) is 0 Å². The summed E-state index contributed by atoms with van der Waals surface area (Å²) in [6, 6.07) is 13.9. The number of nitrogen functional groups attached to an aromatic ring is 1. The van der Waals surface area contributed by atoms with Crippen LogP contribution in [-0.2, 0) is 0 Å². The summed E-state index contributed by atoms with van der Waals surface area (Å²) in [6.45, 7) is 2.06. The Hall–Kier alpha value is -1.48. The minimum absolute atomic E-state index is 0.749. The van der Waals surface area contributed by atoms with Crippen molar-refractivity contribution < 1.29 is 0 Å². The number of halogens is 1. The second kappa shape index (κ2) is 4.58. The molecule has 0 aromatic heterocycles.